The lowest BCUT2D eigenvalue weighted by Gasteiger charge is -2.39. The number of non-ortho nitro benzene ring substituents is 1. The highest BCUT2D eigenvalue weighted by atomic mass is 16.7. The maximum atomic E-state index is 10.9. The Morgan fingerprint density at radius 3 is 2.50 bits per heavy atom. The van der Waals surface area contributed by atoms with Gasteiger partial charge in [0.1, 0.15) is 5.75 Å². The summed E-state index contributed by atoms with van der Waals surface area (Å²) in [4.78, 5) is 10.5. The molecule has 0 aromatic heterocycles. The molecule has 1 aromatic carbocycles. The maximum absolute atomic E-state index is 10.9. The summed E-state index contributed by atoms with van der Waals surface area (Å²) in [7, 11) is 3.18. The van der Waals surface area contributed by atoms with Gasteiger partial charge in [-0.15, -0.1) is 0 Å². The van der Waals surface area contributed by atoms with E-state index in [0.29, 0.717) is 11.3 Å². The van der Waals surface area contributed by atoms with Crippen molar-refractivity contribution < 1.29 is 19.1 Å². The summed E-state index contributed by atoms with van der Waals surface area (Å²) in [6.45, 7) is 4.10. The summed E-state index contributed by atoms with van der Waals surface area (Å²) in [6.07, 6.45) is -0.711. The van der Waals surface area contributed by atoms with Gasteiger partial charge >= 0.3 is 0 Å². The number of methoxy groups -OCH3 is 2. The third-order valence-electron chi connectivity index (χ3n) is 3.67. The molecule has 0 aliphatic carbocycles. The van der Waals surface area contributed by atoms with Crippen LogP contribution in [0.2, 0.25) is 0 Å². The van der Waals surface area contributed by atoms with Crippen LogP contribution in [0.4, 0.5) is 5.69 Å². The molecule has 0 saturated carbocycles. The molecule has 20 heavy (non-hydrogen) atoms. The molecule has 0 unspecified atom stereocenters. The van der Waals surface area contributed by atoms with Crippen molar-refractivity contribution in [2.24, 2.45) is 11.8 Å². The van der Waals surface area contributed by atoms with Crippen LogP contribution in [0.1, 0.15) is 25.5 Å². The molecule has 3 atom stereocenters. The van der Waals surface area contributed by atoms with Gasteiger partial charge in [0.05, 0.1) is 16.9 Å². The first kappa shape index (κ1) is 14.7. The van der Waals surface area contributed by atoms with E-state index >= 15 is 0 Å². The van der Waals surface area contributed by atoms with E-state index in [2.05, 4.69) is 13.8 Å². The number of benzene rings is 1. The molecule has 1 heterocycles. The molecule has 1 aliphatic heterocycles. The van der Waals surface area contributed by atoms with Gasteiger partial charge in [0.15, 0.2) is 0 Å². The Labute approximate surface area is 117 Å². The molecule has 1 aromatic rings. The number of ether oxygens (including phenoxy) is 3. The molecule has 2 rings (SSSR count). The lowest BCUT2D eigenvalue weighted by Crippen LogP contribution is -2.41. The highest BCUT2D eigenvalue weighted by Crippen LogP contribution is 2.45. The second-order valence-corrected chi connectivity index (χ2v) is 5.18. The summed E-state index contributed by atoms with van der Waals surface area (Å²) >= 11 is 0. The van der Waals surface area contributed by atoms with Crippen LogP contribution in [-0.4, -0.2) is 25.4 Å². The van der Waals surface area contributed by atoms with Crippen LogP contribution < -0.4 is 4.74 Å². The highest BCUT2D eigenvalue weighted by molar-refractivity contribution is 5.46. The van der Waals surface area contributed by atoms with Crippen molar-refractivity contribution in [3.63, 3.8) is 0 Å². The quantitative estimate of drug-likeness (QED) is 0.627. The van der Waals surface area contributed by atoms with Crippen LogP contribution in [0.5, 0.6) is 5.75 Å². The number of hydrogen-bond acceptors (Lipinski definition) is 5. The Hall–Kier alpha value is -1.66. The Kier molecular flexibility index (Phi) is 4.25. The third kappa shape index (κ3) is 2.48. The minimum Gasteiger partial charge on any atom is -0.464 e. The second-order valence-electron chi connectivity index (χ2n) is 5.18. The molecule has 0 radical (unpaired) electrons. The van der Waals surface area contributed by atoms with Gasteiger partial charge in [-0.25, -0.2) is 0 Å². The van der Waals surface area contributed by atoms with Gasteiger partial charge in [0.2, 0.25) is 6.29 Å². The van der Waals surface area contributed by atoms with Gasteiger partial charge in [-0.2, -0.15) is 0 Å². The van der Waals surface area contributed by atoms with Crippen LogP contribution in [0.25, 0.3) is 0 Å². The molecule has 0 N–H and O–H groups in total. The number of fused-ring (bicyclic) bond motifs is 1. The van der Waals surface area contributed by atoms with Gasteiger partial charge < -0.3 is 14.2 Å². The lowest BCUT2D eigenvalue weighted by molar-refractivity contribution is -0.385. The minimum atomic E-state index is -0.422. The average molecular weight is 281 g/mol. The summed E-state index contributed by atoms with van der Waals surface area (Å²) < 4.78 is 16.8. The largest absolute Gasteiger partial charge is 0.464 e. The summed E-state index contributed by atoms with van der Waals surface area (Å²) in [5, 5.41) is 10.9. The molecule has 110 valence electrons. The summed E-state index contributed by atoms with van der Waals surface area (Å²) in [6, 6.07) is 4.54. The highest BCUT2D eigenvalue weighted by Gasteiger charge is 2.41. The van der Waals surface area contributed by atoms with Crippen molar-refractivity contribution in [1.82, 2.24) is 0 Å². The molecule has 0 amide bonds. The molecule has 0 spiro atoms. The zero-order valence-electron chi connectivity index (χ0n) is 12.0. The monoisotopic (exact) mass is 281 g/mol. The van der Waals surface area contributed by atoms with E-state index in [9.17, 15) is 10.1 Å². The van der Waals surface area contributed by atoms with Gasteiger partial charge in [-0.05, 0) is 12.0 Å². The first-order valence-electron chi connectivity index (χ1n) is 6.50. The average Bonchev–Trinajstić information content (AvgIpc) is 2.43. The number of hydrogen-bond donors (Lipinski definition) is 0. The van der Waals surface area contributed by atoms with Crippen LogP contribution >= 0.6 is 0 Å². The zero-order chi connectivity index (χ0) is 14.9. The number of nitrogens with zero attached hydrogens (tertiary/aromatic N) is 1. The molecule has 6 nitrogen and oxygen atoms in total. The summed E-state index contributed by atoms with van der Waals surface area (Å²) in [5.74, 6) is 0.794. The van der Waals surface area contributed by atoms with E-state index in [1.165, 1.54) is 12.1 Å². The molecule has 0 bridgehead atoms. The Morgan fingerprint density at radius 2 is 2.00 bits per heavy atom. The molecule has 1 aliphatic rings. The van der Waals surface area contributed by atoms with Crippen LogP contribution in [0.3, 0.4) is 0 Å². The normalized spacial score (nSPS) is 25.1. The van der Waals surface area contributed by atoms with E-state index in [4.69, 9.17) is 14.2 Å². The number of rotatable bonds is 4. The van der Waals surface area contributed by atoms with Crippen LogP contribution in [0, 0.1) is 22.0 Å². The molecular weight excluding hydrogens is 262 g/mol. The van der Waals surface area contributed by atoms with E-state index in [0.717, 1.165) is 0 Å². The van der Waals surface area contributed by atoms with Gasteiger partial charge in [-0.1, -0.05) is 13.8 Å². The van der Waals surface area contributed by atoms with Crippen molar-refractivity contribution >= 4 is 5.69 Å². The minimum absolute atomic E-state index is 0.0282. The predicted octanol–water partition coefficient (Wildman–Crippen LogP) is 2.92. The maximum Gasteiger partial charge on any atom is 0.270 e. The summed E-state index contributed by atoms with van der Waals surface area (Å²) in [5.41, 5.74) is 0.737. The van der Waals surface area contributed by atoms with Crippen molar-refractivity contribution in [3.8, 4) is 5.75 Å². The first-order chi connectivity index (χ1) is 9.49. The fourth-order valence-electron chi connectivity index (χ4n) is 2.69. The van der Waals surface area contributed by atoms with Gasteiger partial charge in [-0.3, -0.25) is 10.1 Å². The van der Waals surface area contributed by atoms with Crippen molar-refractivity contribution in [2.45, 2.75) is 26.2 Å². The molecule has 6 heteroatoms. The van der Waals surface area contributed by atoms with Crippen LogP contribution in [-0.2, 0) is 9.47 Å². The topological polar surface area (TPSA) is 70.8 Å². The molecule has 0 saturated heterocycles. The number of nitro benzene ring substituents is 1. The Bertz CT molecular complexity index is 502. The SMILES string of the molecule is CO[C@@H]1Oc2ccc([N+](=O)[O-])cc2[C@@H](OC)[C@H]1C(C)C. The van der Waals surface area contributed by atoms with Crippen LogP contribution in [0.15, 0.2) is 18.2 Å². The Morgan fingerprint density at radius 1 is 1.30 bits per heavy atom. The van der Waals surface area contributed by atoms with E-state index in [1.54, 1.807) is 20.3 Å². The van der Waals surface area contributed by atoms with E-state index in [-0.39, 0.29) is 23.6 Å². The smallest absolute Gasteiger partial charge is 0.270 e. The van der Waals surface area contributed by atoms with Gasteiger partial charge in [0, 0.05) is 31.9 Å². The van der Waals surface area contributed by atoms with Crippen molar-refractivity contribution in [2.75, 3.05) is 14.2 Å². The van der Waals surface area contributed by atoms with E-state index in [1.807, 2.05) is 0 Å². The van der Waals surface area contributed by atoms with Crippen molar-refractivity contribution in [1.29, 1.82) is 0 Å². The number of nitro groups is 1. The zero-order valence-corrected chi connectivity index (χ0v) is 12.0. The lowest BCUT2D eigenvalue weighted by atomic mass is 9.83. The van der Waals surface area contributed by atoms with Crippen molar-refractivity contribution in [3.05, 3.63) is 33.9 Å². The molecular formula is C14H19NO5. The second kappa shape index (κ2) is 5.76. The van der Waals surface area contributed by atoms with Gasteiger partial charge in [0.25, 0.3) is 5.69 Å². The predicted molar refractivity (Wildman–Crippen MR) is 72.6 cm³/mol. The fraction of sp³-hybridized carbons (Fsp3) is 0.571. The van der Waals surface area contributed by atoms with E-state index < -0.39 is 11.2 Å². The third-order valence-corrected chi connectivity index (χ3v) is 3.67. The fourth-order valence-corrected chi connectivity index (χ4v) is 2.69. The Balaban J connectivity index is 2.49. The standard InChI is InChI=1S/C14H19NO5/c1-8(2)12-13(18-3)10-7-9(15(16)17)5-6-11(10)20-14(12)19-4/h5-8,12-14H,1-4H3/t12-,13-,14-/m1/s1. The first-order valence-corrected chi connectivity index (χ1v) is 6.50. The molecule has 0 fully saturated rings.